The first kappa shape index (κ1) is 76.1. The summed E-state index contributed by atoms with van der Waals surface area (Å²) in [5.41, 5.74) is 0. The minimum atomic E-state index is -0.782. The Morgan fingerprint density at radius 3 is 0.772 bits per heavy atom. The molecule has 0 aliphatic heterocycles. The summed E-state index contributed by atoms with van der Waals surface area (Å²) in [6.07, 6.45) is 87.0. The molecule has 0 aliphatic rings. The molecule has 0 spiro atoms. The average Bonchev–Trinajstić information content (AvgIpc) is 3.45. The van der Waals surface area contributed by atoms with Crippen molar-refractivity contribution in [2.24, 2.45) is 0 Å². The summed E-state index contributed by atoms with van der Waals surface area (Å²) in [5.74, 6) is -0.880. The fourth-order valence-electron chi connectivity index (χ4n) is 10.4. The Bertz CT molecular complexity index is 1410. The second-order valence-electron chi connectivity index (χ2n) is 23.4. The highest BCUT2D eigenvalue weighted by Gasteiger charge is 2.19. The van der Waals surface area contributed by atoms with E-state index in [9.17, 15) is 14.4 Å². The zero-order valence-corrected chi connectivity index (χ0v) is 52.9. The highest BCUT2D eigenvalue weighted by Crippen LogP contribution is 2.18. The Kier molecular flexibility index (Phi) is 65.1. The maximum Gasteiger partial charge on any atom is 0.306 e. The van der Waals surface area contributed by atoms with Crippen molar-refractivity contribution in [3.63, 3.8) is 0 Å². The normalized spacial score (nSPS) is 12.4. The molecule has 0 saturated carbocycles. The summed E-state index contributed by atoms with van der Waals surface area (Å²) in [4.78, 5) is 38.2. The monoisotopic (exact) mass is 1110 g/mol. The van der Waals surface area contributed by atoms with E-state index in [2.05, 4.69) is 81.5 Å². The van der Waals surface area contributed by atoms with Gasteiger partial charge >= 0.3 is 17.9 Å². The first-order valence-corrected chi connectivity index (χ1v) is 34.8. The Morgan fingerprint density at radius 2 is 0.494 bits per heavy atom. The van der Waals surface area contributed by atoms with Crippen LogP contribution in [-0.2, 0) is 28.6 Å². The van der Waals surface area contributed by atoms with Crippen LogP contribution < -0.4 is 0 Å². The molecule has 79 heavy (non-hydrogen) atoms. The van der Waals surface area contributed by atoms with Gasteiger partial charge in [-0.1, -0.05) is 345 Å². The molecule has 0 radical (unpaired) electrons. The fraction of sp³-hybridized carbons (Fsp3) is 0.822. The van der Waals surface area contributed by atoms with E-state index >= 15 is 0 Å². The number of carbonyl (C=O) groups is 3. The van der Waals surface area contributed by atoms with Gasteiger partial charge in [0.05, 0.1) is 0 Å². The molecule has 0 rings (SSSR count). The quantitative estimate of drug-likeness (QED) is 0.0261. The van der Waals surface area contributed by atoms with Gasteiger partial charge < -0.3 is 14.2 Å². The van der Waals surface area contributed by atoms with Crippen LogP contribution in [0, 0.1) is 0 Å². The van der Waals surface area contributed by atoms with Crippen LogP contribution in [0.2, 0.25) is 0 Å². The molecule has 0 aromatic heterocycles. The predicted molar refractivity (Wildman–Crippen MR) is 344 cm³/mol. The van der Waals surface area contributed by atoms with Crippen molar-refractivity contribution >= 4 is 17.9 Å². The third kappa shape index (κ3) is 65.8. The van der Waals surface area contributed by atoms with Crippen LogP contribution in [0.1, 0.15) is 367 Å². The zero-order valence-electron chi connectivity index (χ0n) is 52.9. The predicted octanol–water partition coefficient (Wildman–Crippen LogP) is 23.9. The second kappa shape index (κ2) is 67.6. The van der Waals surface area contributed by atoms with Gasteiger partial charge in [0, 0.05) is 19.3 Å². The number of rotatable bonds is 64. The van der Waals surface area contributed by atoms with Crippen molar-refractivity contribution in [3.8, 4) is 0 Å². The van der Waals surface area contributed by atoms with Crippen LogP contribution in [0.25, 0.3) is 0 Å². The van der Waals surface area contributed by atoms with Crippen molar-refractivity contribution < 1.29 is 28.6 Å². The van der Waals surface area contributed by atoms with Crippen LogP contribution in [-0.4, -0.2) is 37.2 Å². The van der Waals surface area contributed by atoms with Crippen LogP contribution in [0.3, 0.4) is 0 Å². The van der Waals surface area contributed by atoms with Gasteiger partial charge in [-0.2, -0.15) is 0 Å². The van der Waals surface area contributed by atoms with E-state index in [0.29, 0.717) is 19.3 Å². The molecule has 6 heteroatoms. The molecule has 0 aromatic rings. The lowest BCUT2D eigenvalue weighted by Crippen LogP contribution is -2.30. The van der Waals surface area contributed by atoms with Crippen LogP contribution >= 0.6 is 0 Å². The topological polar surface area (TPSA) is 78.9 Å². The van der Waals surface area contributed by atoms with Crippen molar-refractivity contribution in [2.75, 3.05) is 13.2 Å². The third-order valence-corrected chi connectivity index (χ3v) is 15.5. The van der Waals surface area contributed by atoms with Crippen LogP contribution in [0.4, 0.5) is 0 Å². The van der Waals surface area contributed by atoms with Gasteiger partial charge in [0.1, 0.15) is 13.2 Å². The van der Waals surface area contributed by atoms with Gasteiger partial charge in [-0.15, -0.1) is 0 Å². The van der Waals surface area contributed by atoms with E-state index in [1.165, 1.54) is 218 Å². The van der Waals surface area contributed by atoms with E-state index in [1.807, 2.05) is 0 Å². The lowest BCUT2D eigenvalue weighted by Gasteiger charge is -2.18. The summed E-state index contributed by atoms with van der Waals surface area (Å²) in [7, 11) is 0. The van der Waals surface area contributed by atoms with Gasteiger partial charge in [0.15, 0.2) is 6.10 Å². The fourth-order valence-corrected chi connectivity index (χ4v) is 10.4. The first-order chi connectivity index (χ1) is 39.0. The molecule has 1 unspecified atom stereocenters. The number of hydrogen-bond acceptors (Lipinski definition) is 6. The summed E-state index contributed by atoms with van der Waals surface area (Å²) in [6.45, 7) is 6.54. The highest BCUT2D eigenvalue weighted by molar-refractivity contribution is 5.71. The number of allylic oxidation sites excluding steroid dienone is 10. The molecule has 0 heterocycles. The summed E-state index contributed by atoms with van der Waals surface area (Å²) in [6, 6.07) is 0. The molecule has 0 bridgehead atoms. The number of carbonyl (C=O) groups excluding carboxylic acids is 3. The maximum absolute atomic E-state index is 12.9. The maximum atomic E-state index is 12.9. The molecule has 1 atom stereocenters. The molecule has 0 aliphatic carbocycles. The van der Waals surface area contributed by atoms with E-state index in [-0.39, 0.29) is 31.1 Å². The molecular weight excluding hydrogens is 973 g/mol. The third-order valence-electron chi connectivity index (χ3n) is 15.5. The molecule has 0 fully saturated rings. The van der Waals surface area contributed by atoms with E-state index in [1.54, 1.807) is 0 Å². The van der Waals surface area contributed by atoms with Crippen molar-refractivity contribution in [1.29, 1.82) is 0 Å². The van der Waals surface area contributed by atoms with E-state index < -0.39 is 6.10 Å². The van der Waals surface area contributed by atoms with Gasteiger partial charge in [-0.25, -0.2) is 0 Å². The van der Waals surface area contributed by atoms with Gasteiger partial charge in [-0.3, -0.25) is 14.4 Å². The first-order valence-electron chi connectivity index (χ1n) is 34.8. The summed E-state index contributed by atoms with van der Waals surface area (Å²) in [5, 5.41) is 0. The molecule has 0 amide bonds. The van der Waals surface area contributed by atoms with Crippen LogP contribution in [0.5, 0.6) is 0 Å². The standard InChI is InChI=1S/C73H132O6/c1-4-7-10-13-16-19-21-23-25-27-29-31-32-33-34-35-36-37-38-39-40-42-43-45-47-49-51-54-57-60-63-66-72(75)78-69-70(68-77-71(74)65-62-59-56-53-18-15-12-9-6-3)79-73(76)67-64-61-58-55-52-50-48-46-44-41-30-28-26-24-22-20-17-14-11-8-5-2/h8,11,17,20,24,26,30,41,46,48,70H,4-7,9-10,12-16,18-19,21-23,25,27-29,31-40,42-45,47,49-69H2,1-3H3/b11-8-,20-17-,26-24-,41-30-,48-46-. The van der Waals surface area contributed by atoms with Gasteiger partial charge in [0.25, 0.3) is 0 Å². The summed E-state index contributed by atoms with van der Waals surface area (Å²) < 4.78 is 16.9. The molecule has 0 saturated heterocycles. The summed E-state index contributed by atoms with van der Waals surface area (Å²) >= 11 is 0. The minimum Gasteiger partial charge on any atom is -0.462 e. The highest BCUT2D eigenvalue weighted by atomic mass is 16.6. The van der Waals surface area contributed by atoms with Gasteiger partial charge in [0.2, 0.25) is 0 Å². The lowest BCUT2D eigenvalue weighted by molar-refractivity contribution is -0.167. The molecule has 0 aromatic carbocycles. The second-order valence-corrected chi connectivity index (χ2v) is 23.4. The van der Waals surface area contributed by atoms with Crippen molar-refractivity contribution in [3.05, 3.63) is 60.8 Å². The largest absolute Gasteiger partial charge is 0.462 e. The number of unbranched alkanes of at least 4 members (excludes halogenated alkanes) is 43. The Morgan fingerprint density at radius 1 is 0.266 bits per heavy atom. The Labute approximate surface area is 491 Å². The number of ether oxygens (including phenoxy) is 3. The number of esters is 3. The number of hydrogen-bond donors (Lipinski definition) is 0. The van der Waals surface area contributed by atoms with E-state index in [4.69, 9.17) is 14.2 Å². The average molecular weight is 1110 g/mol. The lowest BCUT2D eigenvalue weighted by atomic mass is 10.0. The molecule has 460 valence electrons. The molecule has 0 N–H and O–H groups in total. The van der Waals surface area contributed by atoms with E-state index in [0.717, 1.165) is 109 Å². The van der Waals surface area contributed by atoms with Crippen molar-refractivity contribution in [1.82, 2.24) is 0 Å². The van der Waals surface area contributed by atoms with Crippen molar-refractivity contribution in [2.45, 2.75) is 374 Å². The van der Waals surface area contributed by atoms with Crippen LogP contribution in [0.15, 0.2) is 60.8 Å². The molecular formula is C73H132O6. The minimum absolute atomic E-state index is 0.0781. The Balaban J connectivity index is 4.10. The molecule has 6 nitrogen and oxygen atoms in total. The SMILES string of the molecule is CC/C=C\C/C=C\C/C=C\C/C=C\C/C=C\CCCCCCCC(=O)OC(COC(=O)CCCCCCCCCCC)COC(=O)CCCCCCCCCCCCCCCCCCCCCCCCCCCCCCCCC. The smallest absolute Gasteiger partial charge is 0.306 e. The Hall–Kier alpha value is -2.89. The van der Waals surface area contributed by atoms with Gasteiger partial charge in [-0.05, 0) is 64.2 Å². The zero-order chi connectivity index (χ0) is 57.1.